The first-order valence-electron chi connectivity index (χ1n) is 5.63. The van der Waals surface area contributed by atoms with E-state index >= 15 is 0 Å². The molecule has 0 radical (unpaired) electrons. The van der Waals surface area contributed by atoms with E-state index in [-0.39, 0.29) is 5.69 Å². The minimum atomic E-state index is -3.12. The molecule has 0 saturated heterocycles. The maximum absolute atomic E-state index is 13.5. The average molecular weight is 361 g/mol. The van der Waals surface area contributed by atoms with E-state index in [0.717, 1.165) is 12.1 Å². The Balaban J connectivity index is 2.13. The van der Waals surface area contributed by atoms with Crippen molar-refractivity contribution < 1.29 is 22.7 Å². The lowest BCUT2D eigenvalue weighted by molar-refractivity contribution is -0.0521. The molecule has 1 heterocycles. The van der Waals surface area contributed by atoms with Gasteiger partial charge in [-0.25, -0.2) is 9.37 Å². The van der Waals surface area contributed by atoms with E-state index < -0.39 is 24.1 Å². The van der Waals surface area contributed by atoms with E-state index in [1.54, 1.807) is 0 Å². The number of pyridine rings is 1. The van der Waals surface area contributed by atoms with Gasteiger partial charge in [0.05, 0.1) is 0 Å². The first-order valence-corrected chi connectivity index (χ1v) is 6.42. The fraction of sp³-hybridized carbons (Fsp3) is 0.0769. The van der Waals surface area contributed by atoms with Crippen LogP contribution in [0.1, 0.15) is 10.4 Å². The number of amides is 1. The van der Waals surface area contributed by atoms with Crippen molar-refractivity contribution in [3.8, 4) is 5.75 Å². The fourth-order valence-electron chi connectivity index (χ4n) is 1.52. The zero-order valence-electron chi connectivity index (χ0n) is 10.3. The zero-order chi connectivity index (χ0) is 15.4. The normalized spacial score (nSPS) is 10.5. The molecule has 0 atom stereocenters. The molecule has 1 amide bonds. The van der Waals surface area contributed by atoms with Crippen molar-refractivity contribution >= 4 is 27.5 Å². The quantitative estimate of drug-likeness (QED) is 0.842. The number of hydrogen-bond donors (Lipinski definition) is 1. The summed E-state index contributed by atoms with van der Waals surface area (Å²) in [6.07, 6.45) is 1.43. The monoisotopic (exact) mass is 360 g/mol. The second kappa shape index (κ2) is 6.57. The second-order valence-corrected chi connectivity index (χ2v) is 4.66. The Kier molecular flexibility index (Phi) is 4.79. The van der Waals surface area contributed by atoms with Gasteiger partial charge in [0.15, 0.2) is 11.6 Å². The van der Waals surface area contributed by atoms with Crippen molar-refractivity contribution in [1.29, 1.82) is 0 Å². The maximum atomic E-state index is 13.5. The lowest BCUT2D eigenvalue weighted by Gasteiger charge is -2.09. The van der Waals surface area contributed by atoms with Crippen LogP contribution in [0.3, 0.4) is 0 Å². The van der Waals surface area contributed by atoms with Gasteiger partial charge in [-0.15, -0.1) is 0 Å². The standard InChI is InChI=1S/C13H8BrF3N2O2/c14-11-5-7(3-4-18-11)12(20)19-8-1-2-10(9(15)6-8)21-13(16)17/h1-6,13H,(H,19,20). The molecule has 0 aliphatic carbocycles. The minimum Gasteiger partial charge on any atom is -0.432 e. The predicted octanol–water partition coefficient (Wildman–Crippen LogP) is 3.84. The van der Waals surface area contributed by atoms with Crippen LogP contribution in [0.15, 0.2) is 41.1 Å². The van der Waals surface area contributed by atoms with Crippen LogP contribution in [0.25, 0.3) is 0 Å². The number of ether oxygens (including phenoxy) is 1. The summed E-state index contributed by atoms with van der Waals surface area (Å²) >= 11 is 3.12. The van der Waals surface area contributed by atoms with Crippen LogP contribution in [0.4, 0.5) is 18.9 Å². The first-order chi connectivity index (χ1) is 9.95. The number of rotatable bonds is 4. The van der Waals surface area contributed by atoms with E-state index in [1.165, 1.54) is 24.4 Å². The number of nitrogens with one attached hydrogen (secondary N) is 1. The molecule has 0 saturated carbocycles. The Morgan fingerprint density at radius 1 is 1.29 bits per heavy atom. The molecule has 0 fully saturated rings. The third-order valence-corrected chi connectivity index (χ3v) is 2.83. The van der Waals surface area contributed by atoms with Gasteiger partial charge in [0, 0.05) is 23.5 Å². The summed E-state index contributed by atoms with van der Waals surface area (Å²) in [6.45, 7) is -3.12. The molecule has 1 N–H and O–H groups in total. The highest BCUT2D eigenvalue weighted by Gasteiger charge is 2.12. The second-order valence-electron chi connectivity index (χ2n) is 3.85. The molecule has 110 valence electrons. The average Bonchev–Trinajstić information content (AvgIpc) is 2.41. The van der Waals surface area contributed by atoms with Crippen LogP contribution in [0.5, 0.6) is 5.75 Å². The number of hydrogen-bond acceptors (Lipinski definition) is 3. The molecule has 0 spiro atoms. The van der Waals surface area contributed by atoms with E-state index in [1.807, 2.05) is 0 Å². The SMILES string of the molecule is O=C(Nc1ccc(OC(F)F)c(F)c1)c1ccnc(Br)c1. The van der Waals surface area contributed by atoms with Gasteiger partial charge in [-0.3, -0.25) is 4.79 Å². The van der Waals surface area contributed by atoms with Crippen molar-refractivity contribution in [2.45, 2.75) is 6.61 Å². The summed E-state index contributed by atoms with van der Waals surface area (Å²) in [5.74, 6) is -2.07. The molecular formula is C13H8BrF3N2O2. The molecular weight excluding hydrogens is 353 g/mol. The Morgan fingerprint density at radius 3 is 2.67 bits per heavy atom. The number of nitrogens with zero attached hydrogens (tertiary/aromatic N) is 1. The van der Waals surface area contributed by atoms with Gasteiger partial charge in [0.1, 0.15) is 4.60 Å². The van der Waals surface area contributed by atoms with Gasteiger partial charge in [0.2, 0.25) is 0 Å². The number of carbonyl (C=O) groups is 1. The summed E-state index contributed by atoms with van der Waals surface area (Å²) in [4.78, 5) is 15.8. The van der Waals surface area contributed by atoms with Crippen molar-refractivity contribution in [3.63, 3.8) is 0 Å². The van der Waals surface area contributed by atoms with Gasteiger partial charge in [-0.1, -0.05) is 0 Å². The molecule has 4 nitrogen and oxygen atoms in total. The van der Waals surface area contributed by atoms with E-state index in [0.29, 0.717) is 10.2 Å². The molecule has 1 aromatic carbocycles. The number of halogens is 4. The first kappa shape index (κ1) is 15.3. The largest absolute Gasteiger partial charge is 0.432 e. The van der Waals surface area contributed by atoms with Gasteiger partial charge in [-0.05, 0) is 40.2 Å². The van der Waals surface area contributed by atoms with Gasteiger partial charge in [-0.2, -0.15) is 8.78 Å². The lowest BCUT2D eigenvalue weighted by Crippen LogP contribution is -2.12. The van der Waals surface area contributed by atoms with Crippen molar-refractivity contribution in [1.82, 2.24) is 4.98 Å². The fourth-order valence-corrected chi connectivity index (χ4v) is 1.88. The predicted molar refractivity (Wildman–Crippen MR) is 72.9 cm³/mol. The molecule has 0 bridgehead atoms. The number of alkyl halides is 2. The Hall–Kier alpha value is -2.09. The highest BCUT2D eigenvalue weighted by atomic mass is 79.9. The maximum Gasteiger partial charge on any atom is 0.387 e. The van der Waals surface area contributed by atoms with Crippen LogP contribution in [-0.2, 0) is 0 Å². The third-order valence-electron chi connectivity index (χ3n) is 2.39. The number of benzene rings is 1. The van der Waals surface area contributed by atoms with Crippen LogP contribution in [0.2, 0.25) is 0 Å². The number of aromatic nitrogens is 1. The third kappa shape index (κ3) is 4.19. The molecule has 0 aliphatic heterocycles. The lowest BCUT2D eigenvalue weighted by atomic mass is 10.2. The van der Waals surface area contributed by atoms with Crippen LogP contribution < -0.4 is 10.1 Å². The summed E-state index contributed by atoms with van der Waals surface area (Å²) in [5, 5.41) is 2.44. The van der Waals surface area contributed by atoms with Gasteiger partial charge < -0.3 is 10.1 Å². The molecule has 0 unspecified atom stereocenters. The van der Waals surface area contributed by atoms with Gasteiger partial charge in [0.25, 0.3) is 5.91 Å². The highest BCUT2D eigenvalue weighted by molar-refractivity contribution is 9.10. The van der Waals surface area contributed by atoms with Crippen molar-refractivity contribution in [3.05, 3.63) is 52.5 Å². The summed E-state index contributed by atoms with van der Waals surface area (Å²) in [5.41, 5.74) is 0.428. The van der Waals surface area contributed by atoms with Crippen molar-refractivity contribution in [2.24, 2.45) is 0 Å². The zero-order valence-corrected chi connectivity index (χ0v) is 11.9. The molecule has 0 aliphatic rings. The van der Waals surface area contributed by atoms with Gasteiger partial charge >= 0.3 is 6.61 Å². The summed E-state index contributed by atoms with van der Waals surface area (Å²) in [6, 6.07) is 6.13. The Labute approximate surface area is 126 Å². The number of carbonyl (C=O) groups excluding carboxylic acids is 1. The molecule has 2 aromatic rings. The minimum absolute atomic E-state index is 0.118. The number of anilines is 1. The van der Waals surface area contributed by atoms with Crippen LogP contribution in [0, 0.1) is 5.82 Å². The molecule has 21 heavy (non-hydrogen) atoms. The van der Waals surface area contributed by atoms with Crippen LogP contribution >= 0.6 is 15.9 Å². The topological polar surface area (TPSA) is 51.2 Å². The van der Waals surface area contributed by atoms with E-state index in [2.05, 4.69) is 31.0 Å². The summed E-state index contributed by atoms with van der Waals surface area (Å²) < 4.78 is 41.9. The van der Waals surface area contributed by atoms with Crippen LogP contribution in [-0.4, -0.2) is 17.5 Å². The molecule has 1 aromatic heterocycles. The molecule has 2 rings (SSSR count). The summed E-state index contributed by atoms with van der Waals surface area (Å²) in [7, 11) is 0. The smallest absolute Gasteiger partial charge is 0.387 e. The Bertz CT molecular complexity index is 668. The highest BCUT2D eigenvalue weighted by Crippen LogP contribution is 2.23. The van der Waals surface area contributed by atoms with E-state index in [4.69, 9.17) is 0 Å². The molecule has 8 heteroatoms. The van der Waals surface area contributed by atoms with E-state index in [9.17, 15) is 18.0 Å². The Morgan fingerprint density at radius 2 is 2.05 bits per heavy atom. The van der Waals surface area contributed by atoms with Crippen molar-refractivity contribution in [2.75, 3.05) is 5.32 Å².